The lowest BCUT2D eigenvalue weighted by molar-refractivity contribution is 0.317. The molecule has 23 heavy (non-hydrogen) atoms. The van der Waals surface area contributed by atoms with Crippen molar-refractivity contribution in [1.29, 1.82) is 0 Å². The Kier molecular flexibility index (Phi) is 4.99. The van der Waals surface area contributed by atoms with Crippen molar-refractivity contribution >= 4 is 29.8 Å². The molecule has 2 aromatic heterocycles. The summed E-state index contributed by atoms with van der Waals surface area (Å²) < 4.78 is 7.66. The first-order valence-electron chi connectivity index (χ1n) is 7.26. The van der Waals surface area contributed by atoms with Gasteiger partial charge in [-0.15, -0.1) is 11.3 Å². The molecule has 0 spiro atoms. The minimum absolute atomic E-state index is 0.465. The van der Waals surface area contributed by atoms with Crippen LogP contribution < -0.4 is 4.74 Å². The molecule has 0 amide bonds. The summed E-state index contributed by atoms with van der Waals surface area (Å²) in [4.78, 5) is 1.01. The first kappa shape index (κ1) is 15.6. The molecule has 1 N–H and O–H groups in total. The maximum atomic E-state index is 5.57. The predicted molar refractivity (Wildman–Crippen MR) is 95.9 cm³/mol. The van der Waals surface area contributed by atoms with Gasteiger partial charge in [-0.25, -0.2) is 5.10 Å². The second-order valence-corrected chi connectivity index (χ2v) is 6.14. The normalized spacial score (nSPS) is 11.2. The van der Waals surface area contributed by atoms with E-state index in [0.29, 0.717) is 10.6 Å². The van der Waals surface area contributed by atoms with E-state index in [1.807, 2.05) is 41.8 Å². The van der Waals surface area contributed by atoms with Gasteiger partial charge in [0.25, 0.3) is 0 Å². The zero-order chi connectivity index (χ0) is 16.1. The van der Waals surface area contributed by atoms with Crippen molar-refractivity contribution in [2.45, 2.75) is 13.3 Å². The standard InChI is InChI=1S/C16H16N4OS2/c1-2-9-21-13-7-5-12(6-8-13)11-17-20-15(18-19-16(20)22)14-4-3-10-23-14/h3-8,10-11H,2,9H2,1H3,(H,19,22)/b17-11+. The molecule has 0 unspecified atom stereocenters. The van der Waals surface area contributed by atoms with E-state index in [4.69, 9.17) is 17.0 Å². The first-order valence-corrected chi connectivity index (χ1v) is 8.55. The minimum Gasteiger partial charge on any atom is -0.494 e. The van der Waals surface area contributed by atoms with E-state index in [-0.39, 0.29) is 0 Å². The number of rotatable bonds is 6. The molecule has 0 atom stereocenters. The SMILES string of the molecule is CCCOc1ccc(/C=N/n2c(-c3cccs3)n[nH]c2=S)cc1. The first-order chi connectivity index (χ1) is 11.3. The molecule has 0 aliphatic rings. The van der Waals surface area contributed by atoms with Gasteiger partial charge in [-0.1, -0.05) is 13.0 Å². The lowest BCUT2D eigenvalue weighted by Crippen LogP contribution is -1.96. The Hall–Kier alpha value is -2.25. The number of thiophene rings is 1. The lowest BCUT2D eigenvalue weighted by Gasteiger charge is -2.04. The summed E-state index contributed by atoms with van der Waals surface area (Å²) in [6.07, 6.45) is 2.75. The molecule has 7 heteroatoms. The molecule has 3 aromatic rings. The summed E-state index contributed by atoms with van der Waals surface area (Å²) in [6.45, 7) is 2.81. The van der Waals surface area contributed by atoms with Crippen LogP contribution in [-0.2, 0) is 0 Å². The maximum Gasteiger partial charge on any atom is 0.216 e. The van der Waals surface area contributed by atoms with Crippen molar-refractivity contribution in [3.63, 3.8) is 0 Å². The van der Waals surface area contributed by atoms with Crippen LogP contribution in [0.2, 0.25) is 0 Å². The van der Waals surface area contributed by atoms with Crippen molar-refractivity contribution in [2.24, 2.45) is 5.10 Å². The lowest BCUT2D eigenvalue weighted by atomic mass is 10.2. The molecule has 5 nitrogen and oxygen atoms in total. The zero-order valence-electron chi connectivity index (χ0n) is 12.6. The Balaban J connectivity index is 1.81. The third-order valence-electron chi connectivity index (χ3n) is 3.07. The van der Waals surface area contributed by atoms with Gasteiger partial charge in [0.15, 0.2) is 5.82 Å². The third-order valence-corrected chi connectivity index (χ3v) is 4.20. The molecule has 0 aliphatic heterocycles. The van der Waals surface area contributed by atoms with Crippen LogP contribution in [0.25, 0.3) is 10.7 Å². The van der Waals surface area contributed by atoms with Crippen LogP contribution in [0.5, 0.6) is 5.75 Å². The average molecular weight is 344 g/mol. The van der Waals surface area contributed by atoms with Gasteiger partial charge in [0.1, 0.15) is 5.75 Å². The Bertz CT molecular complexity index is 832. The Labute approximate surface area is 143 Å². The number of nitrogens with zero attached hydrogens (tertiary/aromatic N) is 3. The van der Waals surface area contributed by atoms with Crippen molar-refractivity contribution in [3.05, 3.63) is 52.1 Å². The number of hydrogen-bond acceptors (Lipinski definition) is 5. The summed E-state index contributed by atoms with van der Waals surface area (Å²) in [5, 5.41) is 13.5. The van der Waals surface area contributed by atoms with Gasteiger partial charge in [0.05, 0.1) is 17.7 Å². The molecule has 0 saturated carbocycles. The van der Waals surface area contributed by atoms with Gasteiger partial charge in [-0.05, 0) is 59.9 Å². The molecule has 2 heterocycles. The quantitative estimate of drug-likeness (QED) is 0.534. The molecule has 1 aromatic carbocycles. The van der Waals surface area contributed by atoms with E-state index < -0.39 is 0 Å². The van der Waals surface area contributed by atoms with E-state index in [9.17, 15) is 0 Å². The average Bonchev–Trinajstić information content (AvgIpc) is 3.21. The molecule has 3 rings (SSSR count). The van der Waals surface area contributed by atoms with Crippen molar-refractivity contribution in [1.82, 2.24) is 14.9 Å². The molecule has 0 bridgehead atoms. The fourth-order valence-corrected chi connectivity index (χ4v) is 2.84. The molecular weight excluding hydrogens is 328 g/mol. The van der Waals surface area contributed by atoms with E-state index >= 15 is 0 Å². The molecule has 0 fully saturated rings. The second kappa shape index (κ2) is 7.34. The number of nitrogens with one attached hydrogen (secondary N) is 1. The molecule has 0 saturated heterocycles. The molecule has 118 valence electrons. The molecule has 0 aliphatic carbocycles. The van der Waals surface area contributed by atoms with Crippen LogP contribution in [0.4, 0.5) is 0 Å². The van der Waals surface area contributed by atoms with Crippen molar-refractivity contribution in [3.8, 4) is 16.5 Å². The van der Waals surface area contributed by atoms with Crippen LogP contribution in [0.3, 0.4) is 0 Å². The topological polar surface area (TPSA) is 55.2 Å². The smallest absolute Gasteiger partial charge is 0.216 e. The molecular formula is C16H16N4OS2. The van der Waals surface area contributed by atoms with Gasteiger partial charge < -0.3 is 4.74 Å². The largest absolute Gasteiger partial charge is 0.494 e. The van der Waals surface area contributed by atoms with Gasteiger partial charge in [0.2, 0.25) is 4.77 Å². The number of benzene rings is 1. The number of ether oxygens (including phenoxy) is 1. The number of hydrogen-bond donors (Lipinski definition) is 1. The highest BCUT2D eigenvalue weighted by molar-refractivity contribution is 7.71. The van der Waals surface area contributed by atoms with E-state index in [1.54, 1.807) is 22.2 Å². The highest BCUT2D eigenvalue weighted by Crippen LogP contribution is 2.22. The van der Waals surface area contributed by atoms with Gasteiger partial charge >= 0.3 is 0 Å². The summed E-state index contributed by atoms with van der Waals surface area (Å²) in [7, 11) is 0. The zero-order valence-corrected chi connectivity index (χ0v) is 14.2. The van der Waals surface area contributed by atoms with Crippen LogP contribution in [0.15, 0.2) is 46.9 Å². The van der Waals surface area contributed by atoms with Crippen molar-refractivity contribution in [2.75, 3.05) is 6.61 Å². The minimum atomic E-state index is 0.465. The monoisotopic (exact) mass is 344 g/mol. The van der Waals surface area contributed by atoms with E-state index in [1.165, 1.54) is 0 Å². The van der Waals surface area contributed by atoms with Crippen LogP contribution in [0.1, 0.15) is 18.9 Å². The van der Waals surface area contributed by atoms with Crippen molar-refractivity contribution < 1.29 is 4.74 Å². The number of aromatic amines is 1. The second-order valence-electron chi connectivity index (χ2n) is 4.80. The summed E-state index contributed by atoms with van der Waals surface area (Å²) >= 11 is 6.84. The maximum absolute atomic E-state index is 5.57. The summed E-state index contributed by atoms with van der Waals surface area (Å²) in [5.74, 6) is 1.58. The fraction of sp³-hybridized carbons (Fsp3) is 0.188. The van der Waals surface area contributed by atoms with Gasteiger partial charge in [0, 0.05) is 0 Å². The number of H-pyrrole nitrogens is 1. The fourth-order valence-electron chi connectivity index (χ4n) is 1.96. The van der Waals surface area contributed by atoms with Crippen LogP contribution in [-0.4, -0.2) is 27.7 Å². The summed E-state index contributed by atoms with van der Waals surface area (Å²) in [6, 6.07) is 11.8. The molecule has 0 radical (unpaired) electrons. The highest BCUT2D eigenvalue weighted by Gasteiger charge is 2.08. The van der Waals surface area contributed by atoms with Crippen LogP contribution >= 0.6 is 23.6 Å². The van der Waals surface area contributed by atoms with Gasteiger partial charge in [-0.2, -0.15) is 14.9 Å². The van der Waals surface area contributed by atoms with Gasteiger partial charge in [-0.3, -0.25) is 0 Å². The Morgan fingerprint density at radius 1 is 1.35 bits per heavy atom. The summed E-state index contributed by atoms with van der Waals surface area (Å²) in [5.41, 5.74) is 0.967. The predicted octanol–water partition coefficient (Wildman–Crippen LogP) is 4.34. The van der Waals surface area contributed by atoms with Crippen LogP contribution in [0, 0.1) is 4.77 Å². The van der Waals surface area contributed by atoms with E-state index in [2.05, 4.69) is 22.2 Å². The number of aromatic nitrogens is 3. The Morgan fingerprint density at radius 2 is 2.17 bits per heavy atom. The highest BCUT2D eigenvalue weighted by atomic mass is 32.1. The van der Waals surface area contributed by atoms with E-state index in [0.717, 1.165) is 29.2 Å². The Morgan fingerprint density at radius 3 is 2.87 bits per heavy atom. The third kappa shape index (κ3) is 3.75.